The van der Waals surface area contributed by atoms with Gasteiger partial charge in [0.25, 0.3) is 0 Å². The molecule has 0 saturated heterocycles. The van der Waals surface area contributed by atoms with Crippen molar-refractivity contribution in [2.24, 2.45) is 0 Å². The smallest absolute Gasteiger partial charge is 0.248 e. The molecule has 3 nitrogen and oxygen atoms in total. The average molecular weight is 236 g/mol. The van der Waals surface area contributed by atoms with Crippen LogP contribution < -0.4 is 5.56 Å². The van der Waals surface area contributed by atoms with E-state index >= 15 is 0 Å². The lowest BCUT2D eigenvalue weighted by molar-refractivity contribution is 0.215. The normalized spacial score (nSPS) is 12.4. The van der Waals surface area contributed by atoms with Crippen molar-refractivity contribution < 1.29 is 5.11 Å². The van der Waals surface area contributed by atoms with Crippen LogP contribution in [0.4, 0.5) is 0 Å². The lowest BCUT2D eigenvalue weighted by Gasteiger charge is -2.10. The van der Waals surface area contributed by atoms with Crippen LogP contribution in [-0.2, 0) is 0 Å². The maximum Gasteiger partial charge on any atom is 0.248 e. The molecule has 0 saturated carbocycles. The maximum absolute atomic E-state index is 11.1. The minimum atomic E-state index is -0.842. The highest BCUT2D eigenvalue weighted by atomic mass is 35.5. The van der Waals surface area contributed by atoms with Crippen LogP contribution in [0.3, 0.4) is 0 Å². The van der Waals surface area contributed by atoms with E-state index in [9.17, 15) is 9.90 Å². The Morgan fingerprint density at radius 1 is 1.12 bits per heavy atom. The van der Waals surface area contributed by atoms with Gasteiger partial charge in [-0.25, -0.2) is 0 Å². The molecule has 0 radical (unpaired) electrons. The number of pyridine rings is 1. The summed E-state index contributed by atoms with van der Waals surface area (Å²) in [4.78, 5) is 13.7. The molecule has 1 aromatic carbocycles. The Hall–Kier alpha value is -1.58. The number of halogens is 1. The Bertz CT molecular complexity index is 533. The Balaban J connectivity index is 2.35. The minimum Gasteiger partial charge on any atom is -0.382 e. The van der Waals surface area contributed by atoms with Crippen molar-refractivity contribution in [3.8, 4) is 0 Å². The molecule has 2 rings (SSSR count). The second-order valence-electron chi connectivity index (χ2n) is 3.42. The third-order valence-corrected chi connectivity index (χ3v) is 2.52. The molecule has 0 aliphatic carbocycles. The summed E-state index contributed by atoms with van der Waals surface area (Å²) in [5.74, 6) is 0. The van der Waals surface area contributed by atoms with Crippen LogP contribution in [0, 0.1) is 0 Å². The number of hydrogen-bond acceptors (Lipinski definition) is 2. The van der Waals surface area contributed by atoms with E-state index in [1.807, 2.05) is 0 Å². The molecule has 0 bridgehead atoms. The molecule has 1 aromatic heterocycles. The Labute approximate surface area is 97.3 Å². The largest absolute Gasteiger partial charge is 0.382 e. The highest BCUT2D eigenvalue weighted by molar-refractivity contribution is 6.30. The van der Waals surface area contributed by atoms with E-state index < -0.39 is 6.10 Å². The van der Waals surface area contributed by atoms with Gasteiger partial charge in [-0.05, 0) is 23.8 Å². The predicted octanol–water partition coefficient (Wildman–Crippen LogP) is 2.11. The van der Waals surface area contributed by atoms with Crippen LogP contribution in [0.5, 0.6) is 0 Å². The SMILES string of the molecule is O=c1cccc([C@@H](O)c2ccc(Cl)cc2)[nH]1. The highest BCUT2D eigenvalue weighted by Crippen LogP contribution is 2.20. The van der Waals surface area contributed by atoms with Gasteiger partial charge >= 0.3 is 0 Å². The van der Waals surface area contributed by atoms with Crippen molar-refractivity contribution in [3.05, 3.63) is 69.1 Å². The van der Waals surface area contributed by atoms with Crippen LogP contribution in [-0.4, -0.2) is 10.1 Å². The van der Waals surface area contributed by atoms with Crippen LogP contribution in [0.15, 0.2) is 47.3 Å². The second kappa shape index (κ2) is 4.51. The molecule has 1 atom stereocenters. The summed E-state index contributed by atoms with van der Waals surface area (Å²) < 4.78 is 0. The van der Waals surface area contributed by atoms with E-state index in [-0.39, 0.29) is 5.56 Å². The van der Waals surface area contributed by atoms with Gasteiger partial charge in [-0.2, -0.15) is 0 Å². The van der Waals surface area contributed by atoms with E-state index in [1.54, 1.807) is 36.4 Å². The van der Waals surface area contributed by atoms with Gasteiger partial charge in [0.15, 0.2) is 0 Å². The van der Waals surface area contributed by atoms with Crippen LogP contribution in [0.2, 0.25) is 5.02 Å². The molecule has 0 aliphatic heterocycles. The van der Waals surface area contributed by atoms with Crippen LogP contribution >= 0.6 is 11.6 Å². The van der Waals surface area contributed by atoms with Gasteiger partial charge in [0.05, 0.1) is 5.69 Å². The number of aromatic nitrogens is 1. The van der Waals surface area contributed by atoms with E-state index in [0.717, 1.165) is 0 Å². The third kappa shape index (κ3) is 2.32. The molecule has 2 aromatic rings. The zero-order valence-electron chi connectivity index (χ0n) is 8.35. The van der Waals surface area contributed by atoms with Gasteiger partial charge in [-0.3, -0.25) is 4.79 Å². The van der Waals surface area contributed by atoms with Crippen molar-refractivity contribution in [1.82, 2.24) is 4.98 Å². The van der Waals surface area contributed by atoms with Crippen molar-refractivity contribution in [1.29, 1.82) is 0 Å². The molecule has 0 unspecified atom stereocenters. The molecule has 16 heavy (non-hydrogen) atoms. The Kier molecular flexibility index (Phi) is 3.08. The Morgan fingerprint density at radius 2 is 1.81 bits per heavy atom. The fraction of sp³-hybridized carbons (Fsp3) is 0.0833. The standard InChI is InChI=1S/C12H10ClNO2/c13-9-6-4-8(5-7-9)12(16)10-2-1-3-11(15)14-10/h1-7,12,16H,(H,14,15)/t12-/m0/s1. The fourth-order valence-corrected chi connectivity index (χ4v) is 1.57. The summed E-state index contributed by atoms with van der Waals surface area (Å²) in [6.45, 7) is 0. The minimum absolute atomic E-state index is 0.231. The van der Waals surface area contributed by atoms with Crippen LogP contribution in [0.25, 0.3) is 0 Å². The summed E-state index contributed by atoms with van der Waals surface area (Å²) in [6, 6.07) is 11.5. The number of aliphatic hydroxyl groups is 1. The van der Waals surface area contributed by atoms with Gasteiger partial charge in [0.1, 0.15) is 6.10 Å². The lowest BCUT2D eigenvalue weighted by atomic mass is 10.1. The maximum atomic E-state index is 11.1. The summed E-state index contributed by atoms with van der Waals surface area (Å²) in [5, 5.41) is 10.6. The number of rotatable bonds is 2. The number of H-pyrrole nitrogens is 1. The zero-order chi connectivity index (χ0) is 11.5. The van der Waals surface area contributed by atoms with Gasteiger partial charge in [0, 0.05) is 11.1 Å². The van der Waals surface area contributed by atoms with Crippen molar-refractivity contribution in [2.75, 3.05) is 0 Å². The van der Waals surface area contributed by atoms with Gasteiger partial charge < -0.3 is 10.1 Å². The number of aromatic amines is 1. The number of aliphatic hydroxyl groups excluding tert-OH is 1. The molecule has 0 amide bonds. The molecule has 0 fully saturated rings. The molecular weight excluding hydrogens is 226 g/mol. The van der Waals surface area contributed by atoms with Crippen molar-refractivity contribution in [2.45, 2.75) is 6.10 Å². The Morgan fingerprint density at radius 3 is 2.44 bits per heavy atom. The van der Waals surface area contributed by atoms with Gasteiger partial charge in [-0.15, -0.1) is 0 Å². The molecule has 82 valence electrons. The lowest BCUT2D eigenvalue weighted by Crippen LogP contribution is -2.10. The van der Waals surface area contributed by atoms with Crippen molar-refractivity contribution >= 4 is 11.6 Å². The third-order valence-electron chi connectivity index (χ3n) is 2.27. The van der Waals surface area contributed by atoms with E-state index in [1.165, 1.54) is 6.07 Å². The summed E-state index contributed by atoms with van der Waals surface area (Å²) >= 11 is 5.75. The fourth-order valence-electron chi connectivity index (χ4n) is 1.45. The molecule has 0 aliphatic rings. The first-order valence-electron chi connectivity index (χ1n) is 4.79. The predicted molar refractivity (Wildman–Crippen MR) is 62.6 cm³/mol. The molecule has 2 N–H and O–H groups in total. The average Bonchev–Trinajstić information content (AvgIpc) is 2.29. The van der Waals surface area contributed by atoms with E-state index in [2.05, 4.69) is 4.98 Å². The summed E-state index contributed by atoms with van der Waals surface area (Å²) in [5.41, 5.74) is 0.923. The highest BCUT2D eigenvalue weighted by Gasteiger charge is 2.10. The molecule has 1 heterocycles. The number of hydrogen-bond donors (Lipinski definition) is 2. The van der Waals surface area contributed by atoms with Gasteiger partial charge in [-0.1, -0.05) is 29.8 Å². The number of nitrogens with one attached hydrogen (secondary N) is 1. The second-order valence-corrected chi connectivity index (χ2v) is 3.86. The van der Waals surface area contributed by atoms with E-state index in [0.29, 0.717) is 16.3 Å². The summed E-state index contributed by atoms with van der Waals surface area (Å²) in [7, 11) is 0. The zero-order valence-corrected chi connectivity index (χ0v) is 9.11. The van der Waals surface area contributed by atoms with Gasteiger partial charge in [0.2, 0.25) is 5.56 Å². The van der Waals surface area contributed by atoms with Crippen LogP contribution in [0.1, 0.15) is 17.4 Å². The van der Waals surface area contributed by atoms with Crippen molar-refractivity contribution in [3.63, 3.8) is 0 Å². The molecule has 0 spiro atoms. The van der Waals surface area contributed by atoms with E-state index in [4.69, 9.17) is 11.6 Å². The molecular formula is C12H10ClNO2. The monoisotopic (exact) mass is 235 g/mol. The topological polar surface area (TPSA) is 53.1 Å². The summed E-state index contributed by atoms with van der Waals surface area (Å²) in [6.07, 6.45) is -0.842. The first-order valence-corrected chi connectivity index (χ1v) is 5.17. The first-order chi connectivity index (χ1) is 7.66. The molecule has 4 heteroatoms. The number of benzene rings is 1. The first kappa shape index (κ1) is 10.9. The quantitative estimate of drug-likeness (QED) is 0.838.